The lowest BCUT2D eigenvalue weighted by Crippen LogP contribution is -2.37. The Kier molecular flexibility index (Phi) is 2.83. The maximum absolute atomic E-state index is 10.1. The molecular formula is C9H14N2O2S. The monoisotopic (exact) mass is 214 g/mol. The van der Waals surface area contributed by atoms with E-state index >= 15 is 0 Å². The minimum absolute atomic E-state index is 0.325. The summed E-state index contributed by atoms with van der Waals surface area (Å²) in [7, 11) is 0. The number of rotatable bonds is 3. The van der Waals surface area contributed by atoms with Gasteiger partial charge in [0.2, 0.25) is 0 Å². The van der Waals surface area contributed by atoms with E-state index < -0.39 is 6.10 Å². The van der Waals surface area contributed by atoms with Gasteiger partial charge in [0.25, 0.3) is 0 Å². The number of thiazole rings is 1. The van der Waals surface area contributed by atoms with E-state index in [1.54, 1.807) is 5.51 Å². The van der Waals surface area contributed by atoms with Crippen LogP contribution in [0.15, 0.2) is 10.9 Å². The van der Waals surface area contributed by atoms with Gasteiger partial charge in [-0.3, -0.25) is 0 Å². The van der Waals surface area contributed by atoms with Gasteiger partial charge in [0, 0.05) is 23.9 Å². The van der Waals surface area contributed by atoms with E-state index in [0.717, 1.165) is 6.42 Å². The molecule has 0 aromatic carbocycles. The Morgan fingerprint density at radius 1 is 1.79 bits per heavy atom. The fourth-order valence-corrected chi connectivity index (χ4v) is 2.35. The quantitative estimate of drug-likeness (QED) is 0.770. The second kappa shape index (κ2) is 3.94. The standard InChI is InChI=1S/C9H14N2O2S/c10-4-9(1-2-13-5-9)8(12)7-3-14-6-11-7/h3,6,8,12H,1-2,4-5,10H2. The molecule has 0 saturated carbocycles. The molecule has 0 bridgehead atoms. The highest BCUT2D eigenvalue weighted by Crippen LogP contribution is 2.39. The Labute approximate surface area is 86.7 Å². The molecule has 2 heterocycles. The molecule has 2 unspecified atom stereocenters. The summed E-state index contributed by atoms with van der Waals surface area (Å²) in [6.45, 7) is 1.65. The summed E-state index contributed by atoms with van der Waals surface area (Å²) in [6, 6.07) is 0. The Morgan fingerprint density at radius 2 is 2.64 bits per heavy atom. The van der Waals surface area contributed by atoms with Crippen LogP contribution in [0.25, 0.3) is 0 Å². The van der Waals surface area contributed by atoms with Crippen LogP contribution in [0.2, 0.25) is 0 Å². The van der Waals surface area contributed by atoms with Crippen molar-refractivity contribution in [1.29, 1.82) is 0 Å². The van der Waals surface area contributed by atoms with Gasteiger partial charge < -0.3 is 15.6 Å². The zero-order valence-corrected chi connectivity index (χ0v) is 8.67. The van der Waals surface area contributed by atoms with E-state index in [9.17, 15) is 5.11 Å². The molecule has 4 nitrogen and oxygen atoms in total. The number of aliphatic hydroxyl groups is 1. The summed E-state index contributed by atoms with van der Waals surface area (Å²) in [4.78, 5) is 4.11. The molecule has 1 aliphatic heterocycles. The summed E-state index contributed by atoms with van der Waals surface area (Å²) in [5, 5.41) is 12.0. The van der Waals surface area contributed by atoms with Crippen molar-refractivity contribution in [3.63, 3.8) is 0 Å². The van der Waals surface area contributed by atoms with Crippen LogP contribution in [-0.2, 0) is 4.74 Å². The van der Waals surface area contributed by atoms with Gasteiger partial charge in [0.05, 0.1) is 17.8 Å². The first kappa shape index (κ1) is 10.0. The largest absolute Gasteiger partial charge is 0.386 e. The lowest BCUT2D eigenvalue weighted by molar-refractivity contribution is 0.0166. The topological polar surface area (TPSA) is 68.4 Å². The maximum Gasteiger partial charge on any atom is 0.106 e. The lowest BCUT2D eigenvalue weighted by Gasteiger charge is -2.30. The lowest BCUT2D eigenvalue weighted by atomic mass is 9.80. The van der Waals surface area contributed by atoms with Crippen molar-refractivity contribution in [2.45, 2.75) is 12.5 Å². The number of aromatic nitrogens is 1. The second-order valence-electron chi connectivity index (χ2n) is 3.68. The number of ether oxygens (including phenoxy) is 1. The third-order valence-corrected chi connectivity index (χ3v) is 3.46. The van der Waals surface area contributed by atoms with Gasteiger partial charge >= 0.3 is 0 Å². The minimum atomic E-state index is -0.596. The molecule has 1 saturated heterocycles. The molecule has 5 heteroatoms. The average Bonchev–Trinajstić information content (AvgIpc) is 2.89. The predicted octanol–water partition coefficient (Wildman–Crippen LogP) is 0.542. The van der Waals surface area contributed by atoms with Crippen LogP contribution in [0, 0.1) is 5.41 Å². The average molecular weight is 214 g/mol. The van der Waals surface area contributed by atoms with E-state index in [0.29, 0.717) is 25.5 Å². The molecule has 1 aromatic rings. The first-order chi connectivity index (χ1) is 6.78. The number of hydrogen-bond donors (Lipinski definition) is 2. The predicted molar refractivity (Wildman–Crippen MR) is 54.0 cm³/mol. The van der Waals surface area contributed by atoms with E-state index in [1.807, 2.05) is 5.38 Å². The summed E-state index contributed by atoms with van der Waals surface area (Å²) in [5.41, 5.74) is 7.82. The molecule has 0 aliphatic carbocycles. The minimum Gasteiger partial charge on any atom is -0.386 e. The zero-order valence-electron chi connectivity index (χ0n) is 7.85. The number of hydrogen-bond acceptors (Lipinski definition) is 5. The SMILES string of the molecule is NCC1(C(O)c2cscn2)CCOC1. The molecule has 78 valence electrons. The van der Waals surface area contributed by atoms with Crippen LogP contribution in [-0.4, -0.2) is 29.8 Å². The van der Waals surface area contributed by atoms with Crippen LogP contribution >= 0.6 is 11.3 Å². The van der Waals surface area contributed by atoms with Crippen molar-refractivity contribution in [2.75, 3.05) is 19.8 Å². The van der Waals surface area contributed by atoms with Gasteiger partial charge in [0.1, 0.15) is 6.10 Å². The highest BCUT2D eigenvalue weighted by atomic mass is 32.1. The van der Waals surface area contributed by atoms with Crippen LogP contribution in [0.3, 0.4) is 0 Å². The molecule has 2 rings (SSSR count). The van der Waals surface area contributed by atoms with Crippen molar-refractivity contribution in [1.82, 2.24) is 4.98 Å². The van der Waals surface area contributed by atoms with Gasteiger partial charge in [-0.2, -0.15) is 0 Å². The third-order valence-electron chi connectivity index (χ3n) is 2.85. The number of nitrogens with two attached hydrogens (primary N) is 1. The van der Waals surface area contributed by atoms with Gasteiger partial charge in [0.15, 0.2) is 0 Å². The molecule has 1 fully saturated rings. The van der Waals surface area contributed by atoms with Crippen LogP contribution in [0.1, 0.15) is 18.2 Å². The Morgan fingerprint density at radius 3 is 3.14 bits per heavy atom. The normalized spacial score (nSPS) is 29.3. The summed E-state index contributed by atoms with van der Waals surface area (Å²) in [6.07, 6.45) is 0.212. The smallest absolute Gasteiger partial charge is 0.106 e. The van der Waals surface area contributed by atoms with Crippen LogP contribution < -0.4 is 5.73 Å². The van der Waals surface area contributed by atoms with Gasteiger partial charge in [-0.1, -0.05) is 0 Å². The highest BCUT2D eigenvalue weighted by Gasteiger charge is 2.42. The first-order valence-corrected chi connectivity index (χ1v) is 5.57. The van der Waals surface area contributed by atoms with Crippen LogP contribution in [0.4, 0.5) is 0 Å². The summed E-state index contributed by atoms with van der Waals surface area (Å²) < 4.78 is 5.31. The molecule has 3 N–H and O–H groups in total. The van der Waals surface area contributed by atoms with Gasteiger partial charge in [-0.15, -0.1) is 11.3 Å². The third kappa shape index (κ3) is 1.56. The second-order valence-corrected chi connectivity index (χ2v) is 4.40. The van der Waals surface area contributed by atoms with Crippen molar-refractivity contribution in [3.8, 4) is 0 Å². The van der Waals surface area contributed by atoms with Crippen LogP contribution in [0.5, 0.6) is 0 Å². The molecule has 0 radical (unpaired) electrons. The van der Waals surface area contributed by atoms with Crippen molar-refractivity contribution in [2.24, 2.45) is 11.1 Å². The van der Waals surface area contributed by atoms with Crippen molar-refractivity contribution in [3.05, 3.63) is 16.6 Å². The summed E-state index contributed by atoms with van der Waals surface area (Å²) >= 11 is 1.48. The highest BCUT2D eigenvalue weighted by molar-refractivity contribution is 7.07. The van der Waals surface area contributed by atoms with E-state index in [-0.39, 0.29) is 5.41 Å². The maximum atomic E-state index is 10.1. The van der Waals surface area contributed by atoms with Gasteiger partial charge in [-0.25, -0.2) is 4.98 Å². The molecule has 14 heavy (non-hydrogen) atoms. The fraction of sp³-hybridized carbons (Fsp3) is 0.667. The first-order valence-electron chi connectivity index (χ1n) is 4.62. The molecular weight excluding hydrogens is 200 g/mol. The Bertz CT molecular complexity index is 283. The van der Waals surface area contributed by atoms with E-state index in [4.69, 9.17) is 10.5 Å². The molecule has 1 aromatic heterocycles. The Hall–Kier alpha value is -0.490. The zero-order chi connectivity index (χ0) is 10.0. The molecule has 0 spiro atoms. The molecule has 1 aliphatic rings. The fourth-order valence-electron chi connectivity index (χ4n) is 1.78. The number of aliphatic hydroxyl groups excluding tert-OH is 1. The number of nitrogens with zero attached hydrogens (tertiary/aromatic N) is 1. The van der Waals surface area contributed by atoms with Crippen molar-refractivity contribution >= 4 is 11.3 Å². The molecule has 2 atom stereocenters. The van der Waals surface area contributed by atoms with E-state index in [2.05, 4.69) is 4.98 Å². The molecule has 0 amide bonds. The van der Waals surface area contributed by atoms with Crippen molar-refractivity contribution < 1.29 is 9.84 Å². The van der Waals surface area contributed by atoms with E-state index in [1.165, 1.54) is 11.3 Å². The van der Waals surface area contributed by atoms with Gasteiger partial charge in [-0.05, 0) is 6.42 Å². The Balaban J connectivity index is 2.19. The summed E-state index contributed by atoms with van der Waals surface area (Å²) in [5.74, 6) is 0.